The summed E-state index contributed by atoms with van der Waals surface area (Å²) >= 11 is 12.7. The Labute approximate surface area is 248 Å². The SMILES string of the molecule is CS(=O)(=O)N1CCN(C2CN(CCC[C@]3(c4ccc(Cl)c(Cl)c4)CCCN(S(=O)(=O)c4ccccc4)C3)C2)CC1. The minimum atomic E-state index is -3.61. The molecule has 5 rings (SSSR count). The molecule has 3 fully saturated rings. The van der Waals surface area contributed by atoms with Gasteiger partial charge in [-0.2, -0.15) is 8.61 Å². The van der Waals surface area contributed by atoms with Gasteiger partial charge in [-0.15, -0.1) is 0 Å². The summed E-state index contributed by atoms with van der Waals surface area (Å²) in [6.45, 7) is 6.48. The monoisotopic (exact) mass is 628 g/mol. The predicted octanol–water partition coefficient (Wildman–Crippen LogP) is 3.76. The molecule has 3 saturated heterocycles. The summed E-state index contributed by atoms with van der Waals surface area (Å²) in [4.78, 5) is 5.17. The van der Waals surface area contributed by atoms with Gasteiger partial charge in [0.25, 0.3) is 0 Å². The largest absolute Gasteiger partial charge is 0.300 e. The second kappa shape index (κ2) is 12.2. The first-order valence-corrected chi connectivity index (χ1v) is 17.9. The van der Waals surface area contributed by atoms with Crippen LogP contribution in [0.4, 0.5) is 0 Å². The average Bonchev–Trinajstić information content (AvgIpc) is 2.91. The van der Waals surface area contributed by atoms with Gasteiger partial charge in [0.05, 0.1) is 21.2 Å². The molecule has 3 heterocycles. The van der Waals surface area contributed by atoms with Gasteiger partial charge in [-0.1, -0.05) is 47.5 Å². The Morgan fingerprint density at radius 2 is 1.57 bits per heavy atom. The molecule has 0 aliphatic carbocycles. The number of piperazine rings is 1. The van der Waals surface area contributed by atoms with Gasteiger partial charge in [-0.3, -0.25) is 4.90 Å². The van der Waals surface area contributed by atoms with E-state index in [1.807, 2.05) is 24.3 Å². The molecule has 0 unspecified atom stereocenters. The van der Waals surface area contributed by atoms with Gasteiger partial charge in [0.2, 0.25) is 20.0 Å². The number of likely N-dealkylation sites (tertiary alicyclic amines) is 1. The van der Waals surface area contributed by atoms with Gasteiger partial charge in [0.15, 0.2) is 0 Å². The molecule has 0 radical (unpaired) electrons. The Kier molecular flexibility index (Phi) is 9.19. The first-order valence-electron chi connectivity index (χ1n) is 13.9. The van der Waals surface area contributed by atoms with Crippen molar-refractivity contribution in [3.8, 4) is 0 Å². The molecule has 3 aliphatic rings. The van der Waals surface area contributed by atoms with Crippen LogP contribution in [0.1, 0.15) is 31.2 Å². The van der Waals surface area contributed by atoms with Crippen LogP contribution in [0.5, 0.6) is 0 Å². The van der Waals surface area contributed by atoms with Crippen molar-refractivity contribution >= 4 is 43.2 Å². The topological polar surface area (TPSA) is 81.2 Å². The molecule has 40 heavy (non-hydrogen) atoms. The predicted molar refractivity (Wildman–Crippen MR) is 160 cm³/mol. The van der Waals surface area contributed by atoms with Crippen molar-refractivity contribution in [1.82, 2.24) is 18.4 Å². The molecule has 1 atom stereocenters. The van der Waals surface area contributed by atoms with Crippen LogP contribution in [0.2, 0.25) is 10.0 Å². The van der Waals surface area contributed by atoms with E-state index in [0.29, 0.717) is 47.2 Å². The summed E-state index contributed by atoms with van der Waals surface area (Å²) in [5, 5.41) is 0.984. The summed E-state index contributed by atoms with van der Waals surface area (Å²) in [5.41, 5.74) is 0.695. The number of piperidine rings is 1. The molecule has 0 spiro atoms. The zero-order valence-electron chi connectivity index (χ0n) is 22.9. The summed E-state index contributed by atoms with van der Waals surface area (Å²) in [6, 6.07) is 14.9. The van der Waals surface area contributed by atoms with E-state index in [1.54, 1.807) is 32.9 Å². The van der Waals surface area contributed by atoms with Crippen molar-refractivity contribution in [2.75, 3.05) is 65.2 Å². The molecule has 3 aliphatic heterocycles. The zero-order valence-corrected chi connectivity index (χ0v) is 26.0. The van der Waals surface area contributed by atoms with E-state index in [2.05, 4.69) is 9.80 Å². The standard InChI is InChI=1S/C28H38Cl2N4O4S2/c1-39(35,36)33-17-15-32(16-18-33)24-20-31(21-24)13-5-11-28(23-9-10-26(29)27(30)19-23)12-6-14-34(22-28)40(37,38)25-7-3-2-4-8-25/h2-4,7-10,19,24H,5-6,11-18,20-22H2,1H3/t28-/m0/s1. The van der Waals surface area contributed by atoms with Crippen molar-refractivity contribution in [3.63, 3.8) is 0 Å². The Morgan fingerprint density at radius 1 is 0.875 bits per heavy atom. The maximum Gasteiger partial charge on any atom is 0.243 e. The highest BCUT2D eigenvalue weighted by Gasteiger charge is 2.42. The second-order valence-electron chi connectivity index (χ2n) is 11.4. The lowest BCUT2D eigenvalue weighted by atomic mass is 9.71. The fourth-order valence-electron chi connectivity index (χ4n) is 6.44. The molecule has 0 bridgehead atoms. The van der Waals surface area contributed by atoms with Gasteiger partial charge in [0.1, 0.15) is 0 Å². The van der Waals surface area contributed by atoms with Crippen molar-refractivity contribution in [1.29, 1.82) is 0 Å². The van der Waals surface area contributed by atoms with Crippen LogP contribution in [0.3, 0.4) is 0 Å². The Bertz CT molecular complexity index is 1400. The maximum absolute atomic E-state index is 13.6. The molecule has 0 aromatic heterocycles. The fraction of sp³-hybridized carbons (Fsp3) is 0.571. The van der Waals surface area contributed by atoms with E-state index in [4.69, 9.17) is 23.2 Å². The molecule has 2 aromatic rings. The van der Waals surface area contributed by atoms with Crippen LogP contribution in [0, 0.1) is 0 Å². The highest BCUT2D eigenvalue weighted by atomic mass is 35.5. The third kappa shape index (κ3) is 6.54. The second-order valence-corrected chi connectivity index (χ2v) is 16.1. The van der Waals surface area contributed by atoms with E-state index < -0.39 is 20.0 Å². The summed E-state index contributed by atoms with van der Waals surface area (Å²) in [6.07, 6.45) is 4.73. The van der Waals surface area contributed by atoms with E-state index in [9.17, 15) is 16.8 Å². The highest BCUT2D eigenvalue weighted by Crippen LogP contribution is 2.42. The van der Waals surface area contributed by atoms with E-state index in [0.717, 1.165) is 64.0 Å². The highest BCUT2D eigenvalue weighted by molar-refractivity contribution is 7.89. The van der Waals surface area contributed by atoms with E-state index in [1.165, 1.54) is 6.26 Å². The van der Waals surface area contributed by atoms with Gasteiger partial charge in [-0.05, 0) is 62.1 Å². The van der Waals surface area contributed by atoms with E-state index in [-0.39, 0.29) is 5.41 Å². The molecule has 220 valence electrons. The number of hydrogen-bond donors (Lipinski definition) is 0. The molecule has 12 heteroatoms. The number of nitrogens with zero attached hydrogens (tertiary/aromatic N) is 4. The first-order chi connectivity index (χ1) is 19.0. The number of hydrogen-bond acceptors (Lipinski definition) is 6. The lowest BCUT2D eigenvalue weighted by Gasteiger charge is -2.48. The van der Waals surface area contributed by atoms with Crippen LogP contribution >= 0.6 is 23.2 Å². The van der Waals surface area contributed by atoms with Crippen molar-refractivity contribution in [2.24, 2.45) is 0 Å². The third-order valence-electron chi connectivity index (χ3n) is 8.78. The van der Waals surface area contributed by atoms with Crippen LogP contribution in [-0.2, 0) is 25.5 Å². The van der Waals surface area contributed by atoms with Crippen LogP contribution in [0.15, 0.2) is 53.4 Å². The van der Waals surface area contributed by atoms with E-state index >= 15 is 0 Å². The molecule has 0 N–H and O–H groups in total. The normalized spacial score (nSPS) is 24.7. The molecule has 0 amide bonds. The van der Waals surface area contributed by atoms with Crippen molar-refractivity contribution in [3.05, 3.63) is 64.1 Å². The summed E-state index contributed by atoms with van der Waals surface area (Å²) in [5.74, 6) is 0. The third-order valence-corrected chi connectivity index (χ3v) is 12.7. The maximum atomic E-state index is 13.6. The first kappa shape index (κ1) is 30.2. The quantitative estimate of drug-likeness (QED) is 0.421. The average molecular weight is 630 g/mol. The number of rotatable bonds is 9. The van der Waals surface area contributed by atoms with Crippen LogP contribution in [-0.4, -0.2) is 106 Å². The summed E-state index contributed by atoms with van der Waals surface area (Å²) in [7, 11) is -6.73. The zero-order chi connectivity index (χ0) is 28.5. The van der Waals surface area contributed by atoms with Gasteiger partial charge in [0, 0.05) is 63.8 Å². The van der Waals surface area contributed by atoms with Gasteiger partial charge in [-0.25, -0.2) is 16.8 Å². The minimum absolute atomic E-state index is 0.323. The number of halogens is 2. The Morgan fingerprint density at radius 3 is 2.23 bits per heavy atom. The smallest absolute Gasteiger partial charge is 0.243 e. The fourth-order valence-corrected chi connectivity index (χ4v) is 9.15. The van der Waals surface area contributed by atoms with Crippen molar-refractivity contribution in [2.45, 2.75) is 42.0 Å². The molecule has 8 nitrogen and oxygen atoms in total. The summed E-state index contributed by atoms with van der Waals surface area (Å²) < 4.78 is 53.9. The molecule has 0 saturated carbocycles. The van der Waals surface area contributed by atoms with Gasteiger partial charge < -0.3 is 4.90 Å². The van der Waals surface area contributed by atoms with Crippen LogP contribution in [0.25, 0.3) is 0 Å². The molecular formula is C28H38Cl2N4O4S2. The molecular weight excluding hydrogens is 591 g/mol. The Balaban J connectivity index is 1.23. The van der Waals surface area contributed by atoms with Gasteiger partial charge >= 0.3 is 0 Å². The lowest BCUT2D eigenvalue weighted by Crippen LogP contribution is -2.63. The number of benzene rings is 2. The van der Waals surface area contributed by atoms with Crippen molar-refractivity contribution < 1.29 is 16.8 Å². The lowest BCUT2D eigenvalue weighted by molar-refractivity contribution is 0.0152. The van der Waals surface area contributed by atoms with Crippen LogP contribution < -0.4 is 0 Å². The molecule has 2 aromatic carbocycles. The Hall–Kier alpha value is -1.24. The minimum Gasteiger partial charge on any atom is -0.300 e. The number of sulfonamides is 2.